The molecule has 20 heavy (non-hydrogen) atoms. The van der Waals surface area contributed by atoms with Crippen molar-refractivity contribution in [3.63, 3.8) is 0 Å². The van der Waals surface area contributed by atoms with Gasteiger partial charge >= 0.3 is 0 Å². The summed E-state index contributed by atoms with van der Waals surface area (Å²) < 4.78 is 0. The lowest BCUT2D eigenvalue weighted by Crippen LogP contribution is -2.10. The second kappa shape index (κ2) is 5.33. The van der Waals surface area contributed by atoms with Crippen LogP contribution in [0.1, 0.15) is 0 Å². The van der Waals surface area contributed by atoms with Gasteiger partial charge in [-0.25, -0.2) is 5.06 Å². The molecule has 0 saturated heterocycles. The zero-order valence-electron chi connectivity index (χ0n) is 10.0. The minimum absolute atomic E-state index is 0.0918. The fourth-order valence-corrected chi connectivity index (χ4v) is 1.58. The SMILES string of the molecule is O=[N+]([O-])c1ccc(N(O)c2ccc([N+](=O)[O-])cc2)cc1. The van der Waals surface area contributed by atoms with E-state index in [9.17, 15) is 25.4 Å². The maximum absolute atomic E-state index is 10.5. The molecule has 0 fully saturated rings. The second-order valence-corrected chi connectivity index (χ2v) is 3.86. The van der Waals surface area contributed by atoms with Crippen molar-refractivity contribution in [2.45, 2.75) is 0 Å². The topological polar surface area (TPSA) is 110 Å². The molecule has 0 atom stereocenters. The van der Waals surface area contributed by atoms with E-state index in [1.807, 2.05) is 0 Å². The fourth-order valence-electron chi connectivity index (χ4n) is 1.58. The van der Waals surface area contributed by atoms with Crippen LogP contribution in [0, 0.1) is 20.2 Å². The predicted molar refractivity (Wildman–Crippen MR) is 70.1 cm³/mol. The van der Waals surface area contributed by atoms with Gasteiger partial charge in [0.2, 0.25) is 0 Å². The average Bonchev–Trinajstić information content (AvgIpc) is 2.46. The first-order chi connectivity index (χ1) is 9.49. The Hall–Kier alpha value is -3.00. The summed E-state index contributed by atoms with van der Waals surface area (Å²) in [5.74, 6) is 0. The Balaban J connectivity index is 2.24. The van der Waals surface area contributed by atoms with Gasteiger partial charge in [-0.3, -0.25) is 25.4 Å². The molecule has 8 heteroatoms. The standard InChI is InChI=1S/C12H9N3O5/c16-13(9-1-5-11(6-2-9)14(17)18)10-3-7-12(8-4-10)15(19)20/h1-8,16H. The van der Waals surface area contributed by atoms with Gasteiger partial charge in [0.25, 0.3) is 11.4 Å². The number of non-ortho nitro benzene ring substituents is 2. The minimum atomic E-state index is -0.544. The Bertz CT molecular complexity index is 582. The molecule has 0 spiro atoms. The molecule has 0 unspecified atom stereocenters. The summed E-state index contributed by atoms with van der Waals surface area (Å²) in [6.45, 7) is 0. The van der Waals surface area contributed by atoms with Crippen LogP contribution >= 0.6 is 0 Å². The number of anilines is 2. The lowest BCUT2D eigenvalue weighted by molar-refractivity contribution is -0.385. The summed E-state index contributed by atoms with van der Waals surface area (Å²) in [6, 6.07) is 10.5. The van der Waals surface area contributed by atoms with Crippen molar-refractivity contribution < 1.29 is 15.1 Å². The van der Waals surface area contributed by atoms with Crippen LogP contribution < -0.4 is 5.06 Å². The quantitative estimate of drug-likeness (QED) is 0.678. The predicted octanol–water partition coefficient (Wildman–Crippen LogP) is 3.03. The lowest BCUT2D eigenvalue weighted by atomic mass is 10.2. The zero-order chi connectivity index (χ0) is 14.7. The molecule has 2 aromatic carbocycles. The molecular formula is C12H9N3O5. The molecule has 102 valence electrons. The number of benzene rings is 2. The molecule has 8 nitrogen and oxygen atoms in total. The van der Waals surface area contributed by atoms with Crippen LogP contribution in [0.25, 0.3) is 0 Å². The highest BCUT2D eigenvalue weighted by atomic mass is 16.6. The maximum atomic E-state index is 10.5. The number of hydrogen-bond acceptors (Lipinski definition) is 6. The van der Waals surface area contributed by atoms with Crippen molar-refractivity contribution in [2.24, 2.45) is 0 Å². The van der Waals surface area contributed by atoms with E-state index in [-0.39, 0.29) is 11.4 Å². The molecule has 1 N–H and O–H groups in total. The van der Waals surface area contributed by atoms with Crippen molar-refractivity contribution in [3.05, 3.63) is 68.8 Å². The van der Waals surface area contributed by atoms with E-state index in [0.29, 0.717) is 11.4 Å². The molecule has 2 rings (SSSR count). The van der Waals surface area contributed by atoms with Crippen LogP contribution in [0.2, 0.25) is 0 Å². The highest BCUT2D eigenvalue weighted by molar-refractivity contribution is 5.62. The minimum Gasteiger partial charge on any atom is -0.284 e. The third-order valence-corrected chi connectivity index (χ3v) is 2.61. The molecule has 0 amide bonds. The van der Waals surface area contributed by atoms with Crippen LogP contribution in [0.15, 0.2) is 48.5 Å². The molecule has 2 aromatic rings. The molecule has 0 heterocycles. The van der Waals surface area contributed by atoms with Crippen molar-refractivity contribution in [2.75, 3.05) is 5.06 Å². The lowest BCUT2D eigenvalue weighted by Gasteiger charge is -2.16. The van der Waals surface area contributed by atoms with Crippen molar-refractivity contribution >= 4 is 22.7 Å². The summed E-state index contributed by atoms with van der Waals surface area (Å²) in [6.07, 6.45) is 0. The molecule has 0 radical (unpaired) electrons. The summed E-state index contributed by atoms with van der Waals surface area (Å²) in [5, 5.41) is 31.8. The van der Waals surface area contributed by atoms with Gasteiger partial charge in [-0.1, -0.05) is 0 Å². The van der Waals surface area contributed by atoms with Gasteiger partial charge in [0, 0.05) is 24.3 Å². The molecule has 0 aliphatic rings. The average molecular weight is 275 g/mol. The van der Waals surface area contributed by atoms with Crippen molar-refractivity contribution in [3.8, 4) is 0 Å². The molecule has 0 aliphatic carbocycles. The summed E-state index contributed by atoms with van der Waals surface area (Å²) in [4.78, 5) is 19.9. The molecule has 0 bridgehead atoms. The summed E-state index contributed by atoms with van der Waals surface area (Å²) >= 11 is 0. The van der Waals surface area contributed by atoms with Gasteiger partial charge in [-0.15, -0.1) is 0 Å². The van der Waals surface area contributed by atoms with E-state index >= 15 is 0 Å². The first-order valence-corrected chi connectivity index (χ1v) is 5.47. The van der Waals surface area contributed by atoms with Crippen molar-refractivity contribution in [1.82, 2.24) is 0 Å². The van der Waals surface area contributed by atoms with E-state index in [1.54, 1.807) is 0 Å². The van der Waals surface area contributed by atoms with Gasteiger partial charge in [0.15, 0.2) is 0 Å². The van der Waals surface area contributed by atoms with E-state index in [1.165, 1.54) is 48.5 Å². The van der Waals surface area contributed by atoms with E-state index < -0.39 is 9.85 Å². The van der Waals surface area contributed by atoms with E-state index in [4.69, 9.17) is 0 Å². The van der Waals surface area contributed by atoms with Gasteiger partial charge in [0.05, 0.1) is 21.2 Å². The Kier molecular flexibility index (Phi) is 3.58. The second-order valence-electron chi connectivity index (χ2n) is 3.86. The monoisotopic (exact) mass is 275 g/mol. The Morgan fingerprint density at radius 2 is 1.05 bits per heavy atom. The third kappa shape index (κ3) is 2.70. The van der Waals surface area contributed by atoms with Crippen molar-refractivity contribution in [1.29, 1.82) is 0 Å². The molecule has 0 saturated carbocycles. The number of rotatable bonds is 4. The van der Waals surface area contributed by atoms with Gasteiger partial charge in [-0.05, 0) is 24.3 Å². The fraction of sp³-hybridized carbons (Fsp3) is 0. The summed E-state index contributed by atoms with van der Waals surface area (Å²) in [5.41, 5.74) is 0.436. The first kappa shape index (κ1) is 13.4. The van der Waals surface area contributed by atoms with Gasteiger partial charge in [0.1, 0.15) is 0 Å². The van der Waals surface area contributed by atoms with Gasteiger partial charge < -0.3 is 0 Å². The highest BCUT2D eigenvalue weighted by Crippen LogP contribution is 2.26. The Morgan fingerprint density at radius 1 is 0.750 bits per heavy atom. The van der Waals surface area contributed by atoms with Crippen LogP contribution in [0.3, 0.4) is 0 Å². The summed E-state index contributed by atoms with van der Waals surface area (Å²) in [7, 11) is 0. The van der Waals surface area contributed by atoms with Crippen LogP contribution in [0.5, 0.6) is 0 Å². The largest absolute Gasteiger partial charge is 0.284 e. The number of hydrogen-bond donors (Lipinski definition) is 1. The number of nitrogens with zero attached hydrogens (tertiary/aromatic N) is 3. The number of nitro benzene ring substituents is 2. The smallest absolute Gasteiger partial charge is 0.269 e. The van der Waals surface area contributed by atoms with Crippen LogP contribution in [-0.2, 0) is 0 Å². The first-order valence-electron chi connectivity index (χ1n) is 5.47. The van der Waals surface area contributed by atoms with Gasteiger partial charge in [-0.2, -0.15) is 0 Å². The Labute approximate surface area is 112 Å². The third-order valence-electron chi connectivity index (χ3n) is 2.61. The zero-order valence-corrected chi connectivity index (χ0v) is 10.0. The molecule has 0 aliphatic heterocycles. The molecular weight excluding hydrogens is 266 g/mol. The van der Waals surface area contributed by atoms with E-state index in [0.717, 1.165) is 5.06 Å². The maximum Gasteiger partial charge on any atom is 0.269 e. The van der Waals surface area contributed by atoms with Crippen LogP contribution in [-0.4, -0.2) is 15.1 Å². The van der Waals surface area contributed by atoms with Crippen LogP contribution in [0.4, 0.5) is 22.7 Å². The highest BCUT2D eigenvalue weighted by Gasteiger charge is 2.11. The number of nitro groups is 2. The Morgan fingerprint density at radius 3 is 1.30 bits per heavy atom. The normalized spacial score (nSPS) is 10.1. The van der Waals surface area contributed by atoms with E-state index in [2.05, 4.69) is 0 Å². The molecule has 0 aromatic heterocycles.